The molecule has 34 heavy (non-hydrogen) atoms. The first kappa shape index (κ1) is 23.3. The molecule has 8 nitrogen and oxygen atoms in total. The minimum absolute atomic E-state index is 0.336. The summed E-state index contributed by atoms with van der Waals surface area (Å²) in [6.07, 6.45) is 1.79. The van der Waals surface area contributed by atoms with Gasteiger partial charge in [-0.3, -0.25) is 0 Å². The molecule has 0 amide bonds. The lowest BCUT2D eigenvalue weighted by atomic mass is 9.94. The predicted molar refractivity (Wildman–Crippen MR) is 134 cm³/mol. The zero-order chi connectivity index (χ0) is 24.2. The summed E-state index contributed by atoms with van der Waals surface area (Å²) in [6, 6.07) is 12.9. The average Bonchev–Trinajstić information content (AvgIpc) is 3.35. The third-order valence-electron chi connectivity index (χ3n) is 5.65. The summed E-state index contributed by atoms with van der Waals surface area (Å²) >= 11 is 5.66. The Labute approximate surface area is 203 Å². The van der Waals surface area contributed by atoms with Crippen molar-refractivity contribution in [2.45, 2.75) is 13.0 Å². The number of aromatic nitrogens is 2. The molecule has 0 aliphatic carbocycles. The highest BCUT2D eigenvalue weighted by Crippen LogP contribution is 2.40. The van der Waals surface area contributed by atoms with E-state index in [1.165, 1.54) is 0 Å². The molecule has 0 saturated heterocycles. The Kier molecular flexibility index (Phi) is 6.83. The number of nitrogens with zero attached hydrogens (tertiary/aromatic N) is 3. The molecule has 0 fully saturated rings. The molecular weight excluding hydrogens is 452 g/mol. The van der Waals surface area contributed by atoms with Crippen LogP contribution in [-0.4, -0.2) is 48.0 Å². The summed E-state index contributed by atoms with van der Waals surface area (Å²) in [5.74, 6) is 2.88. The largest absolute Gasteiger partial charge is 0.497 e. The van der Waals surface area contributed by atoms with Crippen LogP contribution in [0.1, 0.15) is 24.4 Å². The zero-order valence-electron chi connectivity index (χ0n) is 19.5. The molecule has 1 aliphatic heterocycles. The average molecular weight is 479 g/mol. The fraction of sp³-hybridized carbons (Fsp3) is 0.240. The number of benzene rings is 2. The quantitative estimate of drug-likeness (QED) is 0.369. The number of thiocarbonyl (C=S) groups is 1. The van der Waals surface area contributed by atoms with E-state index in [2.05, 4.69) is 17.1 Å². The Morgan fingerprint density at radius 2 is 1.82 bits per heavy atom. The molecule has 4 rings (SSSR count). The number of rotatable bonds is 8. The number of nitrogens with one attached hydrogen (secondary N) is 1. The monoisotopic (exact) mass is 478 g/mol. The van der Waals surface area contributed by atoms with Gasteiger partial charge in [0.15, 0.2) is 16.6 Å². The van der Waals surface area contributed by atoms with Gasteiger partial charge in [0.1, 0.15) is 5.75 Å². The molecule has 0 bridgehead atoms. The minimum Gasteiger partial charge on any atom is -0.497 e. The Bertz CT molecular complexity index is 1240. The Hall–Kier alpha value is -3.85. The van der Waals surface area contributed by atoms with Gasteiger partial charge >= 0.3 is 0 Å². The van der Waals surface area contributed by atoms with Crippen LogP contribution in [0.5, 0.6) is 17.2 Å². The number of methoxy groups -OCH3 is 3. The first-order chi connectivity index (χ1) is 16.5. The van der Waals surface area contributed by atoms with Crippen LogP contribution in [-0.2, 0) is 0 Å². The van der Waals surface area contributed by atoms with Crippen LogP contribution in [0.4, 0.5) is 0 Å². The lowest BCUT2D eigenvalue weighted by Crippen LogP contribution is -2.45. The third-order valence-corrected chi connectivity index (χ3v) is 5.99. The van der Waals surface area contributed by atoms with Gasteiger partial charge in [-0.05, 0) is 61.1 Å². The first-order valence-corrected chi connectivity index (χ1v) is 11.0. The van der Waals surface area contributed by atoms with Crippen LogP contribution in [0.3, 0.4) is 0 Å². The molecule has 2 heterocycles. The highest BCUT2D eigenvalue weighted by atomic mass is 32.1. The second kappa shape index (κ2) is 9.96. The van der Waals surface area contributed by atoms with Crippen molar-refractivity contribution in [1.29, 1.82) is 0 Å². The van der Waals surface area contributed by atoms with E-state index in [9.17, 15) is 0 Å². The van der Waals surface area contributed by atoms with E-state index >= 15 is 0 Å². The Balaban J connectivity index is 1.81. The van der Waals surface area contributed by atoms with Gasteiger partial charge in [0.2, 0.25) is 5.82 Å². The molecule has 0 saturated carbocycles. The summed E-state index contributed by atoms with van der Waals surface area (Å²) in [7, 11) is 4.83. The van der Waals surface area contributed by atoms with Gasteiger partial charge in [-0.25, -0.2) is 0 Å². The molecule has 0 spiro atoms. The fourth-order valence-electron chi connectivity index (χ4n) is 3.88. The van der Waals surface area contributed by atoms with Gasteiger partial charge < -0.3 is 29.0 Å². The maximum absolute atomic E-state index is 5.76. The molecular formula is C25H26N4O4S. The van der Waals surface area contributed by atoms with Gasteiger partial charge in [0.05, 0.1) is 32.9 Å². The Morgan fingerprint density at radius 1 is 1.09 bits per heavy atom. The fourth-order valence-corrected chi connectivity index (χ4v) is 4.21. The van der Waals surface area contributed by atoms with Crippen LogP contribution in [0.25, 0.3) is 17.0 Å². The standard InChI is InChI=1S/C25H26N4O4S/c1-6-13-29-15(2)21(24-27-23(28-33-24)16-7-10-18(30-3)11-8-16)22(26-25(29)34)17-9-12-19(31-4)20(14-17)32-5/h6-12,14,22H,1,13H2,2-5H3,(H,26,34). The van der Waals surface area contributed by atoms with E-state index in [0.29, 0.717) is 34.9 Å². The summed E-state index contributed by atoms with van der Waals surface area (Å²) in [4.78, 5) is 6.66. The molecule has 1 unspecified atom stereocenters. The van der Waals surface area contributed by atoms with Gasteiger partial charge in [0.25, 0.3) is 5.89 Å². The first-order valence-electron chi connectivity index (χ1n) is 10.6. The van der Waals surface area contributed by atoms with Crippen molar-refractivity contribution in [3.05, 3.63) is 72.3 Å². The highest BCUT2D eigenvalue weighted by Gasteiger charge is 2.34. The number of ether oxygens (including phenoxy) is 3. The van der Waals surface area contributed by atoms with Crippen LogP contribution in [0.15, 0.2) is 65.3 Å². The Morgan fingerprint density at radius 3 is 2.47 bits per heavy atom. The van der Waals surface area contributed by atoms with Crippen molar-refractivity contribution >= 4 is 22.9 Å². The van der Waals surface area contributed by atoms with Crippen LogP contribution in [0, 0.1) is 0 Å². The van der Waals surface area contributed by atoms with E-state index in [4.69, 9.17) is 35.9 Å². The van der Waals surface area contributed by atoms with E-state index in [0.717, 1.165) is 28.1 Å². The second-order valence-electron chi connectivity index (χ2n) is 7.55. The topological polar surface area (TPSA) is 81.9 Å². The van der Waals surface area contributed by atoms with Crippen molar-refractivity contribution in [2.75, 3.05) is 27.9 Å². The predicted octanol–water partition coefficient (Wildman–Crippen LogP) is 4.61. The molecule has 3 aromatic rings. The van der Waals surface area contributed by atoms with Crippen LogP contribution < -0.4 is 19.5 Å². The SMILES string of the molecule is C=CCN1C(=S)NC(c2ccc(OC)c(OC)c2)C(c2nc(-c3ccc(OC)cc3)no2)=C1C. The zero-order valence-corrected chi connectivity index (χ0v) is 20.3. The molecule has 0 radical (unpaired) electrons. The van der Waals surface area contributed by atoms with Gasteiger partial charge in [-0.1, -0.05) is 17.3 Å². The van der Waals surface area contributed by atoms with E-state index in [1.807, 2.05) is 54.3 Å². The summed E-state index contributed by atoms with van der Waals surface area (Å²) in [5.41, 5.74) is 3.44. The molecule has 176 valence electrons. The van der Waals surface area contributed by atoms with Gasteiger partial charge in [0, 0.05) is 17.8 Å². The summed E-state index contributed by atoms with van der Waals surface area (Å²) in [6.45, 7) is 6.38. The molecule has 1 aliphatic rings. The van der Waals surface area contributed by atoms with Crippen molar-refractivity contribution in [1.82, 2.24) is 20.4 Å². The van der Waals surface area contributed by atoms with Crippen molar-refractivity contribution < 1.29 is 18.7 Å². The third kappa shape index (κ3) is 4.34. The maximum Gasteiger partial charge on any atom is 0.258 e. The van der Waals surface area contributed by atoms with Crippen LogP contribution in [0.2, 0.25) is 0 Å². The lowest BCUT2D eigenvalue weighted by molar-refractivity contribution is 0.354. The molecule has 1 aromatic heterocycles. The van der Waals surface area contributed by atoms with Crippen molar-refractivity contribution in [2.24, 2.45) is 0 Å². The highest BCUT2D eigenvalue weighted by molar-refractivity contribution is 7.80. The lowest BCUT2D eigenvalue weighted by Gasteiger charge is -2.37. The number of hydrogen-bond donors (Lipinski definition) is 1. The second-order valence-corrected chi connectivity index (χ2v) is 7.93. The minimum atomic E-state index is -0.336. The van der Waals surface area contributed by atoms with Gasteiger partial charge in [-0.2, -0.15) is 4.98 Å². The maximum atomic E-state index is 5.76. The molecule has 9 heteroatoms. The van der Waals surface area contributed by atoms with E-state index in [-0.39, 0.29) is 6.04 Å². The smallest absolute Gasteiger partial charge is 0.258 e. The normalized spacial score (nSPS) is 15.7. The van der Waals surface area contributed by atoms with Crippen molar-refractivity contribution in [3.63, 3.8) is 0 Å². The van der Waals surface area contributed by atoms with E-state index < -0.39 is 0 Å². The van der Waals surface area contributed by atoms with Crippen LogP contribution >= 0.6 is 12.2 Å². The molecule has 1 N–H and O–H groups in total. The van der Waals surface area contributed by atoms with Gasteiger partial charge in [-0.15, -0.1) is 6.58 Å². The van der Waals surface area contributed by atoms with E-state index in [1.54, 1.807) is 27.4 Å². The molecule has 2 aromatic carbocycles. The summed E-state index contributed by atoms with van der Waals surface area (Å²) in [5, 5.41) is 8.22. The number of allylic oxidation sites excluding steroid dienone is 1. The molecule has 1 atom stereocenters. The summed E-state index contributed by atoms with van der Waals surface area (Å²) < 4.78 is 21.9. The number of hydrogen-bond acceptors (Lipinski definition) is 7. The van der Waals surface area contributed by atoms with Crippen molar-refractivity contribution in [3.8, 4) is 28.6 Å².